The third kappa shape index (κ3) is 4.94. The number of halogens is 1. The molecule has 0 unspecified atom stereocenters. The first-order valence-corrected chi connectivity index (χ1v) is 9.28. The molecule has 1 aliphatic heterocycles. The van der Waals surface area contributed by atoms with Gasteiger partial charge in [-0.25, -0.2) is 0 Å². The molecule has 1 aliphatic carbocycles. The van der Waals surface area contributed by atoms with Crippen LogP contribution in [-0.2, 0) is 11.3 Å². The zero-order chi connectivity index (χ0) is 17.9. The molecule has 0 spiro atoms. The van der Waals surface area contributed by atoms with Crippen molar-refractivity contribution in [2.45, 2.75) is 31.8 Å². The van der Waals surface area contributed by atoms with Crippen molar-refractivity contribution in [1.29, 1.82) is 5.26 Å². The second-order valence-electron chi connectivity index (χ2n) is 7.32. The molecule has 3 rings (SSSR count). The van der Waals surface area contributed by atoms with E-state index in [4.69, 9.17) is 11.6 Å². The first kappa shape index (κ1) is 18.2. The molecule has 1 N–H and O–H groups in total. The number of piperazine rings is 1. The SMILES string of the molecule is C[C@](C#N)(NC(=O)CN1CCN(Cc2ccc(Cl)cc2)CC1)C1CC1. The summed E-state index contributed by atoms with van der Waals surface area (Å²) in [6.45, 7) is 6.74. The molecule has 1 aromatic carbocycles. The van der Waals surface area contributed by atoms with E-state index in [1.807, 2.05) is 19.1 Å². The fourth-order valence-electron chi connectivity index (χ4n) is 3.37. The Bertz CT molecular complexity index is 644. The van der Waals surface area contributed by atoms with Gasteiger partial charge in [0, 0.05) is 37.7 Å². The third-order valence-electron chi connectivity index (χ3n) is 5.18. The van der Waals surface area contributed by atoms with Gasteiger partial charge in [-0.15, -0.1) is 0 Å². The van der Waals surface area contributed by atoms with Gasteiger partial charge in [0.1, 0.15) is 5.54 Å². The quantitative estimate of drug-likeness (QED) is 0.845. The van der Waals surface area contributed by atoms with E-state index in [0.717, 1.165) is 50.6 Å². The van der Waals surface area contributed by atoms with Gasteiger partial charge in [0.05, 0.1) is 12.6 Å². The molecule has 0 aromatic heterocycles. The highest BCUT2D eigenvalue weighted by atomic mass is 35.5. The predicted octanol–water partition coefficient (Wildman–Crippen LogP) is 2.27. The Morgan fingerprint density at radius 1 is 1.24 bits per heavy atom. The number of carbonyl (C=O) groups excluding carboxylic acids is 1. The molecule has 1 amide bonds. The lowest BCUT2D eigenvalue weighted by molar-refractivity contribution is -0.124. The monoisotopic (exact) mass is 360 g/mol. The van der Waals surface area contributed by atoms with E-state index >= 15 is 0 Å². The second kappa shape index (κ2) is 7.74. The zero-order valence-corrected chi connectivity index (χ0v) is 15.4. The topological polar surface area (TPSA) is 59.4 Å². The highest BCUT2D eigenvalue weighted by Gasteiger charge is 2.43. The van der Waals surface area contributed by atoms with Gasteiger partial charge in [-0.1, -0.05) is 23.7 Å². The molecule has 2 aliphatic rings. The van der Waals surface area contributed by atoms with Crippen molar-refractivity contribution in [2.75, 3.05) is 32.7 Å². The Hall–Kier alpha value is -1.61. The Labute approximate surface area is 154 Å². The maximum atomic E-state index is 12.3. The molecule has 5 nitrogen and oxygen atoms in total. The Kier molecular flexibility index (Phi) is 5.63. The van der Waals surface area contributed by atoms with Gasteiger partial charge >= 0.3 is 0 Å². The second-order valence-corrected chi connectivity index (χ2v) is 7.75. The highest BCUT2D eigenvalue weighted by molar-refractivity contribution is 6.30. The summed E-state index contributed by atoms with van der Waals surface area (Å²) >= 11 is 5.92. The highest BCUT2D eigenvalue weighted by Crippen LogP contribution is 2.39. The molecule has 6 heteroatoms. The number of nitriles is 1. The van der Waals surface area contributed by atoms with E-state index in [-0.39, 0.29) is 5.91 Å². The number of carbonyl (C=O) groups is 1. The first-order chi connectivity index (χ1) is 12.0. The maximum absolute atomic E-state index is 12.3. The lowest BCUT2D eigenvalue weighted by Gasteiger charge is -2.35. The molecule has 2 fully saturated rings. The van der Waals surface area contributed by atoms with Crippen LogP contribution in [0.15, 0.2) is 24.3 Å². The van der Waals surface area contributed by atoms with E-state index in [0.29, 0.717) is 12.5 Å². The minimum Gasteiger partial charge on any atom is -0.337 e. The molecular formula is C19H25ClN4O. The van der Waals surface area contributed by atoms with Crippen LogP contribution in [0.2, 0.25) is 5.02 Å². The summed E-state index contributed by atoms with van der Waals surface area (Å²) in [5.41, 5.74) is 0.554. The molecule has 134 valence electrons. The van der Waals surface area contributed by atoms with Crippen molar-refractivity contribution >= 4 is 17.5 Å². The van der Waals surface area contributed by atoms with Gasteiger partial charge in [-0.05, 0) is 43.4 Å². The molecule has 1 saturated heterocycles. The van der Waals surface area contributed by atoms with Gasteiger partial charge in [0.15, 0.2) is 0 Å². The number of hydrogen-bond donors (Lipinski definition) is 1. The van der Waals surface area contributed by atoms with Crippen LogP contribution in [0.1, 0.15) is 25.3 Å². The minimum atomic E-state index is -0.701. The average Bonchev–Trinajstić information content (AvgIpc) is 3.44. The summed E-state index contributed by atoms with van der Waals surface area (Å²) < 4.78 is 0. The predicted molar refractivity (Wildman–Crippen MR) is 98.1 cm³/mol. The zero-order valence-electron chi connectivity index (χ0n) is 14.7. The van der Waals surface area contributed by atoms with Gasteiger partial charge in [0.2, 0.25) is 5.91 Å². The van der Waals surface area contributed by atoms with E-state index in [1.54, 1.807) is 0 Å². The lowest BCUT2D eigenvalue weighted by Crippen LogP contribution is -2.53. The largest absolute Gasteiger partial charge is 0.337 e. The van der Waals surface area contributed by atoms with Crippen LogP contribution >= 0.6 is 11.6 Å². The summed E-state index contributed by atoms with van der Waals surface area (Å²) in [6.07, 6.45) is 2.07. The lowest BCUT2D eigenvalue weighted by atomic mass is 9.98. The molecule has 1 heterocycles. The number of hydrogen-bond acceptors (Lipinski definition) is 4. The number of nitrogens with zero attached hydrogens (tertiary/aromatic N) is 3. The van der Waals surface area contributed by atoms with E-state index in [1.165, 1.54) is 5.56 Å². The summed E-state index contributed by atoms with van der Waals surface area (Å²) in [5, 5.41) is 13.0. The van der Waals surface area contributed by atoms with E-state index in [2.05, 4.69) is 33.3 Å². The van der Waals surface area contributed by atoms with Gasteiger partial charge in [0.25, 0.3) is 0 Å². The number of amides is 1. The third-order valence-corrected chi connectivity index (χ3v) is 5.43. The van der Waals surface area contributed by atoms with Crippen molar-refractivity contribution in [3.63, 3.8) is 0 Å². The number of benzene rings is 1. The van der Waals surface area contributed by atoms with Crippen LogP contribution < -0.4 is 5.32 Å². The molecule has 1 atom stereocenters. The van der Waals surface area contributed by atoms with Crippen molar-refractivity contribution in [3.8, 4) is 6.07 Å². The van der Waals surface area contributed by atoms with Crippen molar-refractivity contribution in [2.24, 2.45) is 5.92 Å². The Balaban J connectivity index is 1.42. The van der Waals surface area contributed by atoms with Crippen LogP contribution in [0, 0.1) is 17.2 Å². The summed E-state index contributed by atoms with van der Waals surface area (Å²) in [7, 11) is 0. The van der Waals surface area contributed by atoms with Gasteiger partial charge in [-0.2, -0.15) is 5.26 Å². The van der Waals surface area contributed by atoms with Crippen molar-refractivity contribution in [1.82, 2.24) is 15.1 Å². The van der Waals surface area contributed by atoms with Crippen molar-refractivity contribution < 1.29 is 4.79 Å². The van der Waals surface area contributed by atoms with E-state index in [9.17, 15) is 10.1 Å². The van der Waals surface area contributed by atoms with Crippen LogP contribution in [0.4, 0.5) is 0 Å². The molecule has 1 aromatic rings. The van der Waals surface area contributed by atoms with E-state index < -0.39 is 5.54 Å². The summed E-state index contributed by atoms with van der Waals surface area (Å²) in [4.78, 5) is 16.8. The number of rotatable bonds is 6. The van der Waals surface area contributed by atoms with Crippen LogP contribution in [0.3, 0.4) is 0 Å². The number of nitrogens with one attached hydrogen (secondary N) is 1. The normalized spacial score (nSPS) is 21.3. The first-order valence-electron chi connectivity index (χ1n) is 8.90. The molecule has 0 radical (unpaired) electrons. The Morgan fingerprint density at radius 3 is 2.40 bits per heavy atom. The molecule has 1 saturated carbocycles. The summed E-state index contributed by atoms with van der Waals surface area (Å²) in [5.74, 6) is 0.278. The van der Waals surface area contributed by atoms with Crippen molar-refractivity contribution in [3.05, 3.63) is 34.9 Å². The minimum absolute atomic E-state index is 0.0397. The average molecular weight is 361 g/mol. The molecular weight excluding hydrogens is 336 g/mol. The van der Waals surface area contributed by atoms with Gasteiger partial charge in [-0.3, -0.25) is 14.6 Å². The maximum Gasteiger partial charge on any atom is 0.235 e. The fourth-order valence-corrected chi connectivity index (χ4v) is 3.49. The van der Waals surface area contributed by atoms with Gasteiger partial charge < -0.3 is 5.32 Å². The fraction of sp³-hybridized carbons (Fsp3) is 0.579. The molecule has 25 heavy (non-hydrogen) atoms. The smallest absolute Gasteiger partial charge is 0.235 e. The van der Waals surface area contributed by atoms with Crippen LogP contribution in [0.5, 0.6) is 0 Å². The standard InChI is InChI=1S/C19H25ClN4O/c1-19(14-21,16-4-5-16)22-18(25)13-24-10-8-23(9-11-24)12-15-2-6-17(20)7-3-15/h2-3,6-7,16H,4-5,8-13H2,1H3,(H,22,25)/t19-/m1/s1. The molecule has 0 bridgehead atoms. The van der Waals surface area contributed by atoms with Crippen LogP contribution in [0.25, 0.3) is 0 Å². The van der Waals surface area contributed by atoms with Crippen LogP contribution in [-0.4, -0.2) is 54.0 Å². The Morgan fingerprint density at radius 2 is 1.84 bits per heavy atom. The summed E-state index contributed by atoms with van der Waals surface area (Å²) in [6, 6.07) is 10.2.